The molecule has 3 rings (SSSR count). The summed E-state index contributed by atoms with van der Waals surface area (Å²) in [6.07, 6.45) is 2.28. The Kier molecular flexibility index (Phi) is 5.31. The van der Waals surface area contributed by atoms with Gasteiger partial charge < -0.3 is 5.32 Å². The number of hydrogen-bond donors (Lipinski definition) is 1. The van der Waals surface area contributed by atoms with Crippen molar-refractivity contribution in [3.63, 3.8) is 0 Å². The van der Waals surface area contributed by atoms with Gasteiger partial charge in [0.2, 0.25) is 0 Å². The van der Waals surface area contributed by atoms with Gasteiger partial charge in [-0.1, -0.05) is 67.4 Å². The lowest BCUT2D eigenvalue weighted by Gasteiger charge is -2.33. The molecule has 1 N–H and O–H groups in total. The molecule has 0 fully saturated rings. The molecule has 1 aliphatic carbocycles. The summed E-state index contributed by atoms with van der Waals surface area (Å²) in [6, 6.07) is 15.3. The lowest BCUT2D eigenvalue weighted by molar-refractivity contribution is 0.413. The molecule has 0 heterocycles. The minimum absolute atomic E-state index is 0.401. The summed E-state index contributed by atoms with van der Waals surface area (Å²) in [4.78, 5) is 0. The Hall–Kier alpha value is -1.02. The summed E-state index contributed by atoms with van der Waals surface area (Å²) in [5.74, 6) is 1.06. The Morgan fingerprint density at radius 2 is 1.74 bits per heavy atom. The van der Waals surface area contributed by atoms with E-state index in [4.69, 9.17) is 23.2 Å². The Balaban J connectivity index is 1.91. The van der Waals surface area contributed by atoms with Crippen molar-refractivity contribution in [3.8, 4) is 0 Å². The van der Waals surface area contributed by atoms with Crippen LogP contribution in [0.15, 0.2) is 42.5 Å². The van der Waals surface area contributed by atoms with Gasteiger partial charge in [-0.2, -0.15) is 0 Å². The molecule has 2 atom stereocenters. The minimum Gasteiger partial charge on any atom is -0.310 e. The van der Waals surface area contributed by atoms with Gasteiger partial charge in [0, 0.05) is 12.0 Å². The molecule has 0 aromatic heterocycles. The predicted molar refractivity (Wildman–Crippen MR) is 99.6 cm³/mol. The molecule has 0 aliphatic heterocycles. The molecule has 0 saturated carbocycles. The fourth-order valence-electron chi connectivity index (χ4n) is 3.46. The third kappa shape index (κ3) is 3.74. The van der Waals surface area contributed by atoms with E-state index >= 15 is 0 Å². The highest BCUT2D eigenvalue weighted by Gasteiger charge is 2.28. The monoisotopic (exact) mass is 347 g/mol. The number of hydrogen-bond acceptors (Lipinski definition) is 1. The topological polar surface area (TPSA) is 12.0 Å². The van der Waals surface area contributed by atoms with Crippen molar-refractivity contribution in [1.82, 2.24) is 5.32 Å². The third-order valence-corrected chi connectivity index (χ3v) is 5.35. The van der Waals surface area contributed by atoms with E-state index < -0.39 is 0 Å². The molecule has 0 radical (unpaired) electrons. The van der Waals surface area contributed by atoms with Gasteiger partial charge in [-0.05, 0) is 54.1 Å². The van der Waals surface area contributed by atoms with Gasteiger partial charge in [-0.3, -0.25) is 0 Å². The van der Waals surface area contributed by atoms with E-state index in [1.54, 1.807) is 0 Å². The largest absolute Gasteiger partial charge is 0.310 e. The molecule has 2 aromatic carbocycles. The third-order valence-electron chi connectivity index (χ3n) is 4.61. The highest BCUT2D eigenvalue weighted by Crippen LogP contribution is 2.42. The van der Waals surface area contributed by atoms with E-state index in [1.807, 2.05) is 12.1 Å². The van der Waals surface area contributed by atoms with Gasteiger partial charge in [-0.15, -0.1) is 0 Å². The van der Waals surface area contributed by atoms with Crippen molar-refractivity contribution in [2.45, 2.75) is 38.6 Å². The summed E-state index contributed by atoms with van der Waals surface area (Å²) >= 11 is 12.3. The van der Waals surface area contributed by atoms with Gasteiger partial charge in [-0.25, -0.2) is 0 Å². The van der Waals surface area contributed by atoms with Crippen LogP contribution in [0.2, 0.25) is 10.0 Å². The number of halogens is 2. The maximum atomic E-state index is 6.23. The summed E-state index contributed by atoms with van der Waals surface area (Å²) < 4.78 is 0. The normalized spacial score (nSPS) is 20.6. The van der Waals surface area contributed by atoms with Crippen LogP contribution in [-0.4, -0.2) is 6.54 Å². The molecule has 0 amide bonds. The molecule has 0 unspecified atom stereocenters. The van der Waals surface area contributed by atoms with Crippen molar-refractivity contribution >= 4 is 23.2 Å². The lowest BCUT2D eigenvalue weighted by Crippen LogP contribution is -2.29. The fourth-order valence-corrected chi connectivity index (χ4v) is 3.76. The Morgan fingerprint density at radius 1 is 1.00 bits per heavy atom. The Labute approximate surface area is 149 Å². The van der Waals surface area contributed by atoms with E-state index in [1.165, 1.54) is 16.7 Å². The molecule has 0 bridgehead atoms. The number of rotatable bonds is 4. The second-order valence-corrected chi connectivity index (χ2v) is 7.60. The van der Waals surface area contributed by atoms with Crippen molar-refractivity contribution in [1.29, 1.82) is 0 Å². The van der Waals surface area contributed by atoms with Crippen LogP contribution in [0, 0.1) is 5.92 Å². The fraction of sp³-hybridized carbons (Fsp3) is 0.400. The highest BCUT2D eigenvalue weighted by atomic mass is 35.5. The minimum atomic E-state index is 0.401. The maximum Gasteiger partial charge on any atom is 0.0595 e. The molecule has 0 saturated heterocycles. The quantitative estimate of drug-likeness (QED) is 0.693. The van der Waals surface area contributed by atoms with Crippen LogP contribution in [-0.2, 0) is 0 Å². The number of fused-ring (bicyclic) bond motifs is 1. The second-order valence-electron chi connectivity index (χ2n) is 6.79. The smallest absolute Gasteiger partial charge is 0.0595 e. The van der Waals surface area contributed by atoms with Crippen LogP contribution in [0.25, 0.3) is 0 Å². The second kappa shape index (κ2) is 7.25. The average Bonchev–Trinajstić information content (AvgIpc) is 2.55. The van der Waals surface area contributed by atoms with Gasteiger partial charge in [0.15, 0.2) is 0 Å². The van der Waals surface area contributed by atoms with E-state index in [0.717, 1.165) is 19.4 Å². The first-order valence-electron chi connectivity index (χ1n) is 8.33. The highest BCUT2D eigenvalue weighted by molar-refractivity contribution is 6.42. The lowest BCUT2D eigenvalue weighted by atomic mass is 9.76. The van der Waals surface area contributed by atoms with E-state index in [2.05, 4.69) is 49.5 Å². The van der Waals surface area contributed by atoms with E-state index in [9.17, 15) is 0 Å². The average molecular weight is 348 g/mol. The van der Waals surface area contributed by atoms with Gasteiger partial charge in [0.25, 0.3) is 0 Å². The van der Waals surface area contributed by atoms with Crippen molar-refractivity contribution in [3.05, 3.63) is 69.2 Å². The number of nitrogens with one attached hydrogen (secondary N) is 1. The van der Waals surface area contributed by atoms with Gasteiger partial charge >= 0.3 is 0 Å². The summed E-state index contributed by atoms with van der Waals surface area (Å²) in [7, 11) is 0. The van der Waals surface area contributed by atoms with E-state index in [-0.39, 0.29) is 0 Å². The first-order valence-corrected chi connectivity index (χ1v) is 9.09. The molecule has 1 nitrogen and oxygen atoms in total. The van der Waals surface area contributed by atoms with Crippen LogP contribution < -0.4 is 5.32 Å². The number of benzene rings is 2. The molecular formula is C20H23Cl2N. The van der Waals surface area contributed by atoms with Gasteiger partial charge in [0.1, 0.15) is 0 Å². The van der Waals surface area contributed by atoms with Gasteiger partial charge in [0.05, 0.1) is 10.0 Å². The molecule has 122 valence electrons. The van der Waals surface area contributed by atoms with Crippen LogP contribution in [0.5, 0.6) is 0 Å². The van der Waals surface area contributed by atoms with Crippen molar-refractivity contribution in [2.24, 2.45) is 5.92 Å². The van der Waals surface area contributed by atoms with Crippen LogP contribution >= 0.6 is 23.2 Å². The van der Waals surface area contributed by atoms with Crippen molar-refractivity contribution < 1.29 is 0 Å². The molecule has 23 heavy (non-hydrogen) atoms. The van der Waals surface area contributed by atoms with E-state index in [0.29, 0.717) is 27.9 Å². The first-order chi connectivity index (χ1) is 11.1. The molecule has 3 heteroatoms. The standard InChI is InChI=1S/C20H23Cl2N/c1-13(2)12-23-20-10-8-15(16-5-3-4-6-17(16)20)14-7-9-18(21)19(22)11-14/h3-7,9,11,13,15,20,23H,8,10,12H2,1-2H3/t15-,20+/m0/s1. The Bertz CT molecular complexity index is 681. The molecule has 1 aliphatic rings. The van der Waals surface area contributed by atoms with Crippen LogP contribution in [0.1, 0.15) is 55.3 Å². The molecule has 0 spiro atoms. The first kappa shape index (κ1) is 16.8. The van der Waals surface area contributed by atoms with Crippen LogP contribution in [0.4, 0.5) is 0 Å². The zero-order valence-corrected chi connectivity index (χ0v) is 15.2. The summed E-state index contributed by atoms with van der Waals surface area (Å²) in [6.45, 7) is 5.55. The SMILES string of the molecule is CC(C)CN[C@@H]1CC[C@@H](c2ccc(Cl)c(Cl)c2)c2ccccc21. The molecular weight excluding hydrogens is 325 g/mol. The zero-order chi connectivity index (χ0) is 16.4. The predicted octanol–water partition coefficient (Wildman–Crippen LogP) is 6.21. The van der Waals surface area contributed by atoms with Crippen LogP contribution in [0.3, 0.4) is 0 Å². The molecule has 2 aromatic rings. The summed E-state index contributed by atoms with van der Waals surface area (Å²) in [5.41, 5.74) is 4.10. The zero-order valence-electron chi connectivity index (χ0n) is 13.7. The summed E-state index contributed by atoms with van der Waals surface area (Å²) in [5, 5.41) is 4.98. The maximum absolute atomic E-state index is 6.23. The van der Waals surface area contributed by atoms with Crippen molar-refractivity contribution in [2.75, 3.05) is 6.54 Å². The Morgan fingerprint density at radius 3 is 2.43 bits per heavy atom.